The van der Waals surface area contributed by atoms with Crippen LogP contribution in [0.3, 0.4) is 0 Å². The van der Waals surface area contributed by atoms with E-state index in [0.717, 1.165) is 16.5 Å². The predicted octanol–water partition coefficient (Wildman–Crippen LogP) is 7.44. The van der Waals surface area contributed by atoms with Crippen molar-refractivity contribution in [3.05, 3.63) is 117 Å². The van der Waals surface area contributed by atoms with Gasteiger partial charge in [0.05, 0.1) is 18.9 Å². The Morgan fingerprint density at radius 3 is 2.45 bits per heavy atom. The van der Waals surface area contributed by atoms with Gasteiger partial charge in [0, 0.05) is 32.1 Å². The number of rotatable bonds is 7. The number of methoxy groups -OCH3 is 1. The topological polar surface area (TPSA) is 92.8 Å². The third-order valence-corrected chi connectivity index (χ3v) is 6.75. The molecule has 1 amide bonds. The van der Waals surface area contributed by atoms with E-state index in [4.69, 9.17) is 32.7 Å². The van der Waals surface area contributed by atoms with Crippen LogP contribution < -0.4 is 14.9 Å². The molecule has 40 heavy (non-hydrogen) atoms. The van der Waals surface area contributed by atoms with Crippen molar-refractivity contribution >= 4 is 52.2 Å². The molecule has 1 heterocycles. The van der Waals surface area contributed by atoms with Crippen molar-refractivity contribution in [2.45, 2.75) is 6.92 Å². The lowest BCUT2D eigenvalue weighted by atomic mass is 10.0. The summed E-state index contributed by atoms with van der Waals surface area (Å²) >= 11 is 12.7. The van der Waals surface area contributed by atoms with Gasteiger partial charge in [-0.3, -0.25) is 4.79 Å². The number of amides is 1. The molecule has 1 aromatic heterocycles. The number of hydrazone groups is 1. The summed E-state index contributed by atoms with van der Waals surface area (Å²) in [6.45, 7) is 1.94. The maximum atomic E-state index is 13.2. The summed E-state index contributed by atoms with van der Waals surface area (Å²) in [6, 6.07) is 24.6. The van der Waals surface area contributed by atoms with Gasteiger partial charge in [-0.2, -0.15) is 5.10 Å². The van der Waals surface area contributed by atoms with E-state index in [1.165, 1.54) is 13.3 Å². The van der Waals surface area contributed by atoms with Crippen LogP contribution in [0.4, 0.5) is 0 Å². The molecule has 0 aliphatic rings. The monoisotopic (exact) mass is 571 g/mol. The molecule has 5 rings (SSSR count). The summed E-state index contributed by atoms with van der Waals surface area (Å²) < 4.78 is 10.9. The SMILES string of the molecule is COc1cc(C=NNC(=O)c2[nH]c3ccc(Cl)cc3c2-c2ccccc2Cl)ccc1OC(=O)c1ccc(C)cc1. The molecule has 4 aromatic carbocycles. The quantitative estimate of drug-likeness (QED) is 0.0918. The van der Waals surface area contributed by atoms with Crippen molar-refractivity contribution in [2.75, 3.05) is 7.11 Å². The number of aryl methyl sites for hydroxylation is 1. The van der Waals surface area contributed by atoms with Gasteiger partial charge >= 0.3 is 5.97 Å². The average molecular weight is 572 g/mol. The summed E-state index contributed by atoms with van der Waals surface area (Å²) in [5, 5.41) is 5.91. The van der Waals surface area contributed by atoms with Crippen LogP contribution in [0.1, 0.15) is 32.0 Å². The number of hydrogen-bond donors (Lipinski definition) is 2. The van der Waals surface area contributed by atoms with E-state index in [0.29, 0.717) is 43.7 Å². The number of aromatic nitrogens is 1. The van der Waals surface area contributed by atoms with Crippen LogP contribution in [0.15, 0.2) is 90.0 Å². The van der Waals surface area contributed by atoms with Crippen molar-refractivity contribution < 1.29 is 19.1 Å². The van der Waals surface area contributed by atoms with Crippen molar-refractivity contribution in [1.29, 1.82) is 0 Å². The maximum absolute atomic E-state index is 13.2. The fourth-order valence-electron chi connectivity index (χ4n) is 4.20. The van der Waals surface area contributed by atoms with Crippen LogP contribution in [0.25, 0.3) is 22.0 Å². The molecule has 9 heteroatoms. The van der Waals surface area contributed by atoms with E-state index in [-0.39, 0.29) is 5.75 Å². The standard InChI is InChI=1S/C31H23Cl2N3O4/c1-18-7-10-20(11-8-18)31(38)40-26-14-9-19(15-27(26)39-2)17-34-36-30(37)29-28(22-5-3-4-6-24(22)33)23-16-21(32)12-13-25(23)35-29/h3-17,35H,1-2H3,(H,36,37). The zero-order valence-corrected chi connectivity index (χ0v) is 23.0. The maximum Gasteiger partial charge on any atom is 0.343 e. The third kappa shape index (κ3) is 5.71. The molecule has 0 bridgehead atoms. The number of esters is 1. The predicted molar refractivity (Wildman–Crippen MR) is 158 cm³/mol. The van der Waals surface area contributed by atoms with Gasteiger partial charge in [0.15, 0.2) is 11.5 Å². The minimum Gasteiger partial charge on any atom is -0.493 e. The summed E-state index contributed by atoms with van der Waals surface area (Å²) in [6.07, 6.45) is 1.46. The Labute approximate surface area is 240 Å². The molecule has 0 unspecified atom stereocenters. The van der Waals surface area contributed by atoms with E-state index >= 15 is 0 Å². The lowest BCUT2D eigenvalue weighted by molar-refractivity contribution is 0.0729. The summed E-state index contributed by atoms with van der Waals surface area (Å²) in [5.41, 5.74) is 6.97. The third-order valence-electron chi connectivity index (χ3n) is 6.19. The molecule has 0 radical (unpaired) electrons. The molecule has 0 saturated heterocycles. The van der Waals surface area contributed by atoms with Gasteiger partial charge in [-0.15, -0.1) is 0 Å². The normalized spacial score (nSPS) is 11.1. The van der Waals surface area contributed by atoms with Crippen LogP contribution in [-0.4, -0.2) is 30.2 Å². The number of hydrogen-bond acceptors (Lipinski definition) is 5. The molecular formula is C31H23Cl2N3O4. The van der Waals surface area contributed by atoms with Gasteiger partial charge in [0.25, 0.3) is 5.91 Å². The molecule has 0 saturated carbocycles. The smallest absolute Gasteiger partial charge is 0.343 e. The molecule has 200 valence electrons. The van der Waals surface area contributed by atoms with Gasteiger partial charge in [-0.1, -0.05) is 59.1 Å². The molecular weight excluding hydrogens is 549 g/mol. The van der Waals surface area contributed by atoms with Crippen LogP contribution in [0.5, 0.6) is 11.5 Å². The lowest BCUT2D eigenvalue weighted by Crippen LogP contribution is -2.19. The van der Waals surface area contributed by atoms with Crippen molar-refractivity contribution in [3.63, 3.8) is 0 Å². The van der Waals surface area contributed by atoms with E-state index in [1.54, 1.807) is 54.6 Å². The molecule has 7 nitrogen and oxygen atoms in total. The first-order chi connectivity index (χ1) is 19.3. The summed E-state index contributed by atoms with van der Waals surface area (Å²) in [4.78, 5) is 28.9. The summed E-state index contributed by atoms with van der Waals surface area (Å²) in [7, 11) is 1.47. The number of nitrogens with zero attached hydrogens (tertiary/aromatic N) is 1. The Morgan fingerprint density at radius 2 is 1.70 bits per heavy atom. The first kappa shape index (κ1) is 27.0. The number of carbonyl (C=O) groups is 2. The van der Waals surface area contributed by atoms with Crippen LogP contribution >= 0.6 is 23.2 Å². The number of carbonyl (C=O) groups excluding carboxylic acids is 2. The first-order valence-electron chi connectivity index (χ1n) is 12.2. The highest BCUT2D eigenvalue weighted by molar-refractivity contribution is 6.34. The number of nitrogens with one attached hydrogen (secondary N) is 2. The Kier molecular flexibility index (Phi) is 7.86. The Hall–Kier alpha value is -4.59. The highest BCUT2D eigenvalue weighted by atomic mass is 35.5. The second kappa shape index (κ2) is 11.7. The van der Waals surface area contributed by atoms with Crippen molar-refractivity contribution in [2.24, 2.45) is 5.10 Å². The van der Waals surface area contributed by atoms with E-state index in [1.807, 2.05) is 37.3 Å². The molecule has 2 N–H and O–H groups in total. The summed E-state index contributed by atoms with van der Waals surface area (Å²) in [5.74, 6) is -0.366. The largest absolute Gasteiger partial charge is 0.493 e. The lowest BCUT2D eigenvalue weighted by Gasteiger charge is -2.10. The van der Waals surface area contributed by atoms with E-state index < -0.39 is 11.9 Å². The van der Waals surface area contributed by atoms with Crippen molar-refractivity contribution in [3.8, 4) is 22.6 Å². The molecule has 0 aliphatic carbocycles. The second-order valence-electron chi connectivity index (χ2n) is 8.91. The highest BCUT2D eigenvalue weighted by Gasteiger charge is 2.21. The van der Waals surface area contributed by atoms with Gasteiger partial charge in [-0.25, -0.2) is 10.2 Å². The number of aromatic amines is 1. The van der Waals surface area contributed by atoms with Crippen LogP contribution in [0, 0.1) is 6.92 Å². The number of fused-ring (bicyclic) bond motifs is 1. The Bertz CT molecular complexity index is 1760. The molecule has 0 atom stereocenters. The van der Waals surface area contributed by atoms with Gasteiger partial charge in [-0.05, 0) is 67.1 Å². The molecule has 0 fully saturated rings. The number of ether oxygens (including phenoxy) is 2. The number of halogens is 2. The Morgan fingerprint density at radius 1 is 0.925 bits per heavy atom. The fraction of sp³-hybridized carbons (Fsp3) is 0.0645. The second-order valence-corrected chi connectivity index (χ2v) is 9.75. The van der Waals surface area contributed by atoms with Crippen molar-refractivity contribution in [1.82, 2.24) is 10.4 Å². The van der Waals surface area contributed by atoms with E-state index in [2.05, 4.69) is 15.5 Å². The van der Waals surface area contributed by atoms with E-state index in [9.17, 15) is 9.59 Å². The van der Waals surface area contributed by atoms with Crippen LogP contribution in [-0.2, 0) is 0 Å². The van der Waals surface area contributed by atoms with Gasteiger partial charge < -0.3 is 14.5 Å². The van der Waals surface area contributed by atoms with Gasteiger partial charge in [0.2, 0.25) is 0 Å². The fourth-order valence-corrected chi connectivity index (χ4v) is 4.60. The average Bonchev–Trinajstić information content (AvgIpc) is 3.32. The zero-order chi connectivity index (χ0) is 28.2. The molecule has 0 aliphatic heterocycles. The number of H-pyrrole nitrogens is 1. The molecule has 0 spiro atoms. The zero-order valence-electron chi connectivity index (χ0n) is 21.5. The highest BCUT2D eigenvalue weighted by Crippen LogP contribution is 2.37. The number of benzene rings is 4. The van der Waals surface area contributed by atoms with Crippen LogP contribution in [0.2, 0.25) is 10.0 Å². The molecule has 5 aromatic rings. The minimum atomic E-state index is -0.499. The first-order valence-corrected chi connectivity index (χ1v) is 13.0. The Balaban J connectivity index is 1.36. The van der Waals surface area contributed by atoms with Gasteiger partial charge in [0.1, 0.15) is 5.69 Å². The minimum absolute atomic E-state index is 0.260.